The maximum Gasteiger partial charge on any atom is 0.244 e. The molecule has 2 aromatic rings. The van der Waals surface area contributed by atoms with Gasteiger partial charge in [0, 0.05) is 32.7 Å². The molecule has 0 atom stereocenters. The molecule has 0 spiro atoms. The summed E-state index contributed by atoms with van der Waals surface area (Å²) in [5.74, 6) is -0.393. The summed E-state index contributed by atoms with van der Waals surface area (Å²) in [5.41, 5.74) is 0.833. The fourth-order valence-electron chi connectivity index (χ4n) is 3.74. The van der Waals surface area contributed by atoms with E-state index in [1.54, 1.807) is 29.2 Å². The molecular weight excluding hydrogens is 447 g/mol. The summed E-state index contributed by atoms with van der Waals surface area (Å²) in [6.45, 7) is 3.91. The van der Waals surface area contributed by atoms with Crippen molar-refractivity contribution in [1.29, 1.82) is 5.26 Å². The molecule has 33 heavy (non-hydrogen) atoms. The number of sulfonamides is 1. The van der Waals surface area contributed by atoms with E-state index < -0.39 is 15.8 Å². The summed E-state index contributed by atoms with van der Waals surface area (Å²) in [6.07, 6.45) is 0. The molecule has 0 bridgehead atoms. The summed E-state index contributed by atoms with van der Waals surface area (Å²) in [5, 5.41) is 9.23. The first kappa shape index (κ1) is 24.6. The van der Waals surface area contributed by atoms with Crippen molar-refractivity contribution in [1.82, 2.24) is 14.1 Å². The van der Waals surface area contributed by atoms with E-state index in [1.165, 1.54) is 29.6 Å². The van der Waals surface area contributed by atoms with Crippen molar-refractivity contribution in [2.75, 3.05) is 46.4 Å². The lowest BCUT2D eigenvalue weighted by molar-refractivity contribution is -0.133. The minimum absolute atomic E-state index is 0.0174. The van der Waals surface area contributed by atoms with Gasteiger partial charge in [0.1, 0.15) is 6.07 Å². The second kappa shape index (κ2) is 10.7. The Morgan fingerprint density at radius 1 is 1.18 bits per heavy atom. The van der Waals surface area contributed by atoms with Gasteiger partial charge in [0.05, 0.1) is 24.1 Å². The van der Waals surface area contributed by atoms with Gasteiger partial charge in [-0.3, -0.25) is 9.69 Å². The number of methoxy groups -OCH3 is 1. The number of piperazine rings is 1. The van der Waals surface area contributed by atoms with Gasteiger partial charge < -0.3 is 9.64 Å². The van der Waals surface area contributed by atoms with E-state index in [1.807, 2.05) is 17.9 Å². The third-order valence-electron chi connectivity index (χ3n) is 5.65. The third-order valence-corrected chi connectivity index (χ3v) is 7.60. The first-order valence-electron chi connectivity index (χ1n) is 10.6. The quantitative estimate of drug-likeness (QED) is 0.581. The van der Waals surface area contributed by atoms with Crippen molar-refractivity contribution < 1.29 is 22.3 Å². The molecule has 0 aliphatic carbocycles. The van der Waals surface area contributed by atoms with Crippen LogP contribution in [0.5, 0.6) is 5.75 Å². The van der Waals surface area contributed by atoms with Gasteiger partial charge in [-0.1, -0.05) is 25.1 Å². The van der Waals surface area contributed by atoms with Crippen LogP contribution < -0.4 is 4.74 Å². The molecule has 0 saturated carbocycles. The number of rotatable bonds is 8. The number of halogens is 1. The van der Waals surface area contributed by atoms with E-state index in [2.05, 4.69) is 0 Å². The fourth-order valence-corrected chi connectivity index (χ4v) is 5.30. The van der Waals surface area contributed by atoms with E-state index in [0.29, 0.717) is 13.1 Å². The molecule has 1 amide bonds. The number of amides is 1. The number of ether oxygens (including phenoxy) is 1. The smallest absolute Gasteiger partial charge is 0.244 e. The highest BCUT2D eigenvalue weighted by Gasteiger charge is 2.31. The molecule has 0 unspecified atom stereocenters. The molecule has 1 aliphatic heterocycles. The summed E-state index contributed by atoms with van der Waals surface area (Å²) in [6, 6.07) is 12.7. The van der Waals surface area contributed by atoms with Crippen LogP contribution >= 0.6 is 0 Å². The van der Waals surface area contributed by atoms with Crippen LogP contribution in [0.15, 0.2) is 47.4 Å². The van der Waals surface area contributed by atoms with Gasteiger partial charge in [-0.15, -0.1) is 0 Å². The molecule has 0 aromatic heterocycles. The molecule has 176 valence electrons. The molecule has 0 radical (unpaired) electrons. The molecule has 8 nitrogen and oxygen atoms in total. The summed E-state index contributed by atoms with van der Waals surface area (Å²) in [4.78, 5) is 16.4. The zero-order valence-electron chi connectivity index (χ0n) is 18.7. The number of carbonyl (C=O) groups is 1. The van der Waals surface area contributed by atoms with Crippen molar-refractivity contribution in [2.24, 2.45) is 0 Å². The Balaban J connectivity index is 1.59. The Bertz CT molecular complexity index is 1140. The zero-order chi connectivity index (χ0) is 24.0. The highest BCUT2D eigenvalue weighted by Crippen LogP contribution is 2.22. The van der Waals surface area contributed by atoms with Crippen LogP contribution in [-0.4, -0.2) is 74.8 Å². The Morgan fingerprint density at radius 3 is 2.48 bits per heavy atom. The summed E-state index contributed by atoms with van der Waals surface area (Å²) >= 11 is 0. The maximum absolute atomic E-state index is 14.0. The van der Waals surface area contributed by atoms with Gasteiger partial charge >= 0.3 is 0 Å². The van der Waals surface area contributed by atoms with E-state index in [9.17, 15) is 22.9 Å². The number of hydrogen-bond acceptors (Lipinski definition) is 6. The monoisotopic (exact) mass is 474 g/mol. The Kier molecular flexibility index (Phi) is 8.02. The molecule has 2 aromatic carbocycles. The van der Waals surface area contributed by atoms with Crippen molar-refractivity contribution in [3.05, 3.63) is 59.4 Å². The molecule has 1 aliphatic rings. The Morgan fingerprint density at radius 2 is 1.88 bits per heavy atom. The first-order valence-corrected chi connectivity index (χ1v) is 12.1. The van der Waals surface area contributed by atoms with E-state index in [4.69, 9.17) is 4.74 Å². The van der Waals surface area contributed by atoms with Crippen LogP contribution in [0, 0.1) is 17.1 Å². The molecule has 10 heteroatoms. The highest BCUT2D eigenvalue weighted by molar-refractivity contribution is 7.89. The summed E-state index contributed by atoms with van der Waals surface area (Å²) < 4.78 is 46.2. The number of likely N-dealkylation sites (N-methyl/N-ethyl adjacent to an activating group) is 1. The number of carbonyl (C=O) groups excluding carboxylic acids is 1. The number of hydrogen-bond donors (Lipinski definition) is 0. The molecule has 1 heterocycles. The average Bonchev–Trinajstić information content (AvgIpc) is 2.83. The zero-order valence-corrected chi connectivity index (χ0v) is 19.5. The van der Waals surface area contributed by atoms with E-state index in [-0.39, 0.29) is 54.8 Å². The van der Waals surface area contributed by atoms with Crippen LogP contribution in [0.3, 0.4) is 0 Å². The van der Waals surface area contributed by atoms with Crippen LogP contribution in [0.4, 0.5) is 4.39 Å². The normalized spacial score (nSPS) is 14.8. The van der Waals surface area contributed by atoms with Gasteiger partial charge in [0.25, 0.3) is 0 Å². The van der Waals surface area contributed by atoms with E-state index in [0.717, 1.165) is 5.56 Å². The van der Waals surface area contributed by atoms with Crippen LogP contribution in [0.25, 0.3) is 0 Å². The van der Waals surface area contributed by atoms with Gasteiger partial charge in [0.2, 0.25) is 15.9 Å². The molecule has 1 saturated heterocycles. The predicted molar refractivity (Wildman–Crippen MR) is 120 cm³/mol. The molecular formula is C23H27FN4O4S. The lowest BCUT2D eigenvalue weighted by atomic mass is 10.2. The minimum atomic E-state index is -3.82. The average molecular weight is 475 g/mol. The second-order valence-corrected chi connectivity index (χ2v) is 9.57. The predicted octanol–water partition coefficient (Wildman–Crippen LogP) is 2.06. The van der Waals surface area contributed by atoms with Gasteiger partial charge in [-0.25, -0.2) is 12.8 Å². The SMILES string of the molecule is CCN(CC(=O)N1CCN(S(=O)(=O)c2ccccc2C#N)CC1)Cc1ccc(OC)c(F)c1. The van der Waals surface area contributed by atoms with Gasteiger partial charge in [0.15, 0.2) is 11.6 Å². The van der Waals surface area contributed by atoms with Gasteiger partial charge in [-0.05, 0) is 36.4 Å². The van der Waals surface area contributed by atoms with Crippen molar-refractivity contribution in [2.45, 2.75) is 18.4 Å². The van der Waals surface area contributed by atoms with Crippen LogP contribution in [0.2, 0.25) is 0 Å². The van der Waals surface area contributed by atoms with Crippen molar-refractivity contribution >= 4 is 15.9 Å². The number of nitrogens with zero attached hydrogens (tertiary/aromatic N) is 4. The molecule has 1 fully saturated rings. The number of nitriles is 1. The lowest BCUT2D eigenvalue weighted by Crippen LogP contribution is -2.52. The molecule has 3 rings (SSSR count). The maximum atomic E-state index is 14.0. The minimum Gasteiger partial charge on any atom is -0.494 e. The van der Waals surface area contributed by atoms with Crippen LogP contribution in [-0.2, 0) is 21.4 Å². The lowest BCUT2D eigenvalue weighted by Gasteiger charge is -2.35. The van der Waals surface area contributed by atoms with Crippen molar-refractivity contribution in [3.63, 3.8) is 0 Å². The Labute approximate surface area is 193 Å². The highest BCUT2D eigenvalue weighted by atomic mass is 32.2. The van der Waals surface area contributed by atoms with E-state index >= 15 is 0 Å². The standard InChI is InChI=1S/C23H27FN4O4S/c1-3-26(16-18-8-9-21(32-2)20(24)14-18)17-23(29)27-10-12-28(13-11-27)33(30,31)22-7-5-4-6-19(22)15-25/h4-9,14H,3,10-13,16-17H2,1-2H3. The summed E-state index contributed by atoms with van der Waals surface area (Å²) in [7, 11) is -2.41. The number of benzene rings is 2. The topological polar surface area (TPSA) is 94.0 Å². The third kappa shape index (κ3) is 5.68. The van der Waals surface area contributed by atoms with Gasteiger partial charge in [-0.2, -0.15) is 9.57 Å². The second-order valence-electron chi connectivity index (χ2n) is 7.67. The Hall–Kier alpha value is -3.00. The first-order chi connectivity index (χ1) is 15.8. The van der Waals surface area contributed by atoms with Crippen LogP contribution in [0.1, 0.15) is 18.1 Å². The van der Waals surface area contributed by atoms with Crippen molar-refractivity contribution in [3.8, 4) is 11.8 Å². The fraction of sp³-hybridized carbons (Fsp3) is 0.391. The molecule has 0 N–H and O–H groups in total. The largest absolute Gasteiger partial charge is 0.494 e.